The van der Waals surface area contributed by atoms with Crippen molar-refractivity contribution in [2.24, 2.45) is 0 Å². The summed E-state index contributed by atoms with van der Waals surface area (Å²) in [6.45, 7) is 9.80. The second kappa shape index (κ2) is 11.2. The molecule has 0 radical (unpaired) electrons. The lowest BCUT2D eigenvalue weighted by atomic mass is 10.0. The van der Waals surface area contributed by atoms with E-state index >= 15 is 0 Å². The van der Waals surface area contributed by atoms with Crippen molar-refractivity contribution in [2.75, 3.05) is 50.6 Å². The van der Waals surface area contributed by atoms with Crippen molar-refractivity contribution >= 4 is 23.6 Å². The zero-order valence-electron chi connectivity index (χ0n) is 19.1. The van der Waals surface area contributed by atoms with Crippen molar-refractivity contribution in [3.63, 3.8) is 0 Å². The molecule has 2 rings (SSSR count). The highest BCUT2D eigenvalue weighted by Gasteiger charge is 2.38. The van der Waals surface area contributed by atoms with Crippen molar-refractivity contribution in [3.05, 3.63) is 11.9 Å². The minimum Gasteiger partial charge on any atom is -0.465 e. The molecule has 1 atom stereocenters. The maximum Gasteiger partial charge on any atom is 0.327 e. The van der Waals surface area contributed by atoms with Gasteiger partial charge in [-0.1, -0.05) is 0 Å². The summed E-state index contributed by atoms with van der Waals surface area (Å²) >= 11 is 0. The fraction of sp³-hybridized carbons (Fsp3) is 0.714. The van der Waals surface area contributed by atoms with Gasteiger partial charge in [-0.25, -0.2) is 9.97 Å². The predicted octanol–water partition coefficient (Wildman–Crippen LogP) is 1.25. The standard InChI is InChI=1S/C21H35N5O5/c1-6-30-18(27)16(19(28)31-21(2,3)4)17-15(22)13-24-20(25-17)26(11-12-29-5)14-7-9-23-10-8-14/h13-14,16,23H,6-12,22H2,1-5H3. The third-order valence-electron chi connectivity index (χ3n) is 4.82. The lowest BCUT2D eigenvalue weighted by molar-refractivity contribution is -0.164. The van der Waals surface area contributed by atoms with E-state index in [0.717, 1.165) is 25.9 Å². The molecule has 1 aliphatic rings. The average Bonchev–Trinajstić information content (AvgIpc) is 2.70. The van der Waals surface area contributed by atoms with Crippen LogP contribution in [-0.4, -0.2) is 73.5 Å². The molecule has 0 aromatic carbocycles. The molecule has 1 fully saturated rings. The molecule has 1 saturated heterocycles. The normalized spacial score (nSPS) is 15.9. The van der Waals surface area contributed by atoms with Gasteiger partial charge in [-0.15, -0.1) is 0 Å². The van der Waals surface area contributed by atoms with Gasteiger partial charge in [0.2, 0.25) is 5.95 Å². The lowest BCUT2D eigenvalue weighted by Crippen LogP contribution is -2.45. The predicted molar refractivity (Wildman–Crippen MR) is 117 cm³/mol. The highest BCUT2D eigenvalue weighted by molar-refractivity contribution is 6.01. The van der Waals surface area contributed by atoms with Crippen molar-refractivity contribution in [1.82, 2.24) is 15.3 Å². The summed E-state index contributed by atoms with van der Waals surface area (Å²) in [5.74, 6) is -2.50. The van der Waals surface area contributed by atoms with Crippen molar-refractivity contribution < 1.29 is 23.8 Å². The summed E-state index contributed by atoms with van der Waals surface area (Å²) in [5, 5.41) is 3.34. The highest BCUT2D eigenvalue weighted by atomic mass is 16.6. The molecule has 10 heteroatoms. The Bertz CT molecular complexity index is 746. The molecule has 0 amide bonds. The number of piperidine rings is 1. The smallest absolute Gasteiger partial charge is 0.327 e. The summed E-state index contributed by atoms with van der Waals surface area (Å²) in [4.78, 5) is 36.6. The SMILES string of the molecule is CCOC(=O)C(C(=O)OC(C)(C)C)c1nc(N(CCOC)C2CCNCC2)ncc1N. The molecule has 2 heterocycles. The zero-order valence-corrected chi connectivity index (χ0v) is 19.1. The van der Waals surface area contributed by atoms with E-state index in [1.807, 2.05) is 4.90 Å². The monoisotopic (exact) mass is 437 g/mol. The molecule has 1 aliphatic heterocycles. The number of esters is 2. The maximum absolute atomic E-state index is 12.9. The quantitative estimate of drug-likeness (QED) is 0.430. The summed E-state index contributed by atoms with van der Waals surface area (Å²) < 4.78 is 15.9. The molecular formula is C21H35N5O5. The largest absolute Gasteiger partial charge is 0.465 e. The lowest BCUT2D eigenvalue weighted by Gasteiger charge is -2.35. The van der Waals surface area contributed by atoms with Gasteiger partial charge in [-0.05, 0) is 53.6 Å². The van der Waals surface area contributed by atoms with Gasteiger partial charge in [-0.3, -0.25) is 9.59 Å². The number of nitrogens with two attached hydrogens (primary N) is 1. The highest BCUT2D eigenvalue weighted by Crippen LogP contribution is 2.28. The first-order valence-corrected chi connectivity index (χ1v) is 10.7. The van der Waals surface area contributed by atoms with Crippen molar-refractivity contribution in [3.8, 4) is 0 Å². The van der Waals surface area contributed by atoms with Crippen molar-refractivity contribution in [2.45, 2.75) is 58.1 Å². The number of aromatic nitrogens is 2. The fourth-order valence-corrected chi connectivity index (χ4v) is 3.42. The molecule has 1 aromatic heterocycles. The van der Waals surface area contributed by atoms with E-state index in [4.69, 9.17) is 19.9 Å². The van der Waals surface area contributed by atoms with E-state index in [2.05, 4.69) is 15.3 Å². The first kappa shape index (κ1) is 24.8. The number of carbonyl (C=O) groups excluding carboxylic acids is 2. The Morgan fingerprint density at radius 3 is 2.55 bits per heavy atom. The van der Waals surface area contributed by atoms with Crippen LogP contribution in [0.4, 0.5) is 11.6 Å². The number of rotatable bonds is 9. The number of hydrogen-bond donors (Lipinski definition) is 2. The number of anilines is 2. The maximum atomic E-state index is 12.9. The third-order valence-corrected chi connectivity index (χ3v) is 4.82. The molecule has 3 N–H and O–H groups in total. The number of nitrogen functional groups attached to an aromatic ring is 1. The van der Waals surface area contributed by atoms with Crippen LogP contribution in [0.3, 0.4) is 0 Å². The van der Waals surface area contributed by atoms with Gasteiger partial charge in [0.25, 0.3) is 0 Å². The molecule has 0 bridgehead atoms. The second-order valence-corrected chi connectivity index (χ2v) is 8.40. The molecule has 1 aromatic rings. The van der Waals surface area contributed by atoms with Crippen LogP contribution in [0.5, 0.6) is 0 Å². The van der Waals surface area contributed by atoms with E-state index in [0.29, 0.717) is 19.1 Å². The molecule has 0 spiro atoms. The number of hydrogen-bond acceptors (Lipinski definition) is 10. The molecule has 1 unspecified atom stereocenters. The topological polar surface area (TPSA) is 129 Å². The number of carbonyl (C=O) groups is 2. The zero-order chi connectivity index (χ0) is 23.0. The van der Waals surface area contributed by atoms with E-state index in [-0.39, 0.29) is 24.0 Å². The Morgan fingerprint density at radius 1 is 1.29 bits per heavy atom. The van der Waals surface area contributed by atoms with E-state index in [1.54, 1.807) is 34.8 Å². The first-order valence-electron chi connectivity index (χ1n) is 10.7. The molecule has 174 valence electrons. The number of nitrogens with zero attached hydrogens (tertiary/aromatic N) is 3. The third kappa shape index (κ3) is 7.03. The summed E-state index contributed by atoms with van der Waals surface area (Å²) in [6.07, 6.45) is 3.26. The Kier molecular flexibility index (Phi) is 9.00. The second-order valence-electron chi connectivity index (χ2n) is 8.40. The Hall–Kier alpha value is -2.46. The van der Waals surface area contributed by atoms with Crippen LogP contribution in [0.25, 0.3) is 0 Å². The van der Waals surface area contributed by atoms with E-state index in [1.165, 1.54) is 6.20 Å². The minimum atomic E-state index is -1.39. The van der Waals surface area contributed by atoms with Crippen LogP contribution in [0, 0.1) is 0 Å². The Labute approximate surface area is 183 Å². The number of ether oxygens (including phenoxy) is 3. The van der Waals surface area contributed by atoms with Gasteiger partial charge < -0.3 is 30.2 Å². The van der Waals surface area contributed by atoms with Gasteiger partial charge in [-0.2, -0.15) is 0 Å². The number of nitrogens with one attached hydrogen (secondary N) is 1. The van der Waals surface area contributed by atoms with Crippen LogP contribution in [0.2, 0.25) is 0 Å². The van der Waals surface area contributed by atoms with Crippen LogP contribution >= 0.6 is 0 Å². The molecular weight excluding hydrogens is 402 g/mol. The molecule has 10 nitrogen and oxygen atoms in total. The molecule has 0 aliphatic carbocycles. The minimum absolute atomic E-state index is 0.0917. The first-order chi connectivity index (χ1) is 14.7. The van der Waals surface area contributed by atoms with Gasteiger partial charge in [0.15, 0.2) is 5.92 Å². The van der Waals surface area contributed by atoms with Gasteiger partial charge in [0.1, 0.15) is 5.60 Å². The summed E-state index contributed by atoms with van der Waals surface area (Å²) in [7, 11) is 1.63. The average molecular weight is 438 g/mol. The van der Waals surface area contributed by atoms with Gasteiger partial charge in [0, 0.05) is 19.7 Å². The van der Waals surface area contributed by atoms with Crippen LogP contribution in [-0.2, 0) is 23.8 Å². The van der Waals surface area contributed by atoms with Gasteiger partial charge >= 0.3 is 11.9 Å². The summed E-state index contributed by atoms with van der Waals surface area (Å²) in [5.41, 5.74) is 5.55. The Balaban J connectivity index is 2.45. The molecule has 31 heavy (non-hydrogen) atoms. The Morgan fingerprint density at radius 2 is 1.97 bits per heavy atom. The van der Waals surface area contributed by atoms with Crippen LogP contribution in [0.1, 0.15) is 52.1 Å². The van der Waals surface area contributed by atoms with Gasteiger partial charge in [0.05, 0.1) is 30.8 Å². The van der Waals surface area contributed by atoms with Crippen LogP contribution < -0.4 is 16.0 Å². The van der Waals surface area contributed by atoms with Crippen LogP contribution in [0.15, 0.2) is 6.20 Å². The van der Waals surface area contributed by atoms with Crippen molar-refractivity contribution in [1.29, 1.82) is 0 Å². The van der Waals surface area contributed by atoms with E-state index < -0.39 is 23.5 Å². The molecule has 0 saturated carbocycles. The number of methoxy groups -OCH3 is 1. The fourth-order valence-electron chi connectivity index (χ4n) is 3.42. The van der Waals surface area contributed by atoms with E-state index in [9.17, 15) is 9.59 Å². The summed E-state index contributed by atoms with van der Waals surface area (Å²) in [6, 6.07) is 0.204.